The summed E-state index contributed by atoms with van der Waals surface area (Å²) in [5.74, 6) is -0.237. The Morgan fingerprint density at radius 2 is 1.56 bits per heavy atom. The number of nitrogens with one attached hydrogen (secondary N) is 1. The van der Waals surface area contributed by atoms with Gasteiger partial charge in [0.1, 0.15) is 0 Å². The average molecular weight is 539 g/mol. The number of carbonyl (C=O) groups excluding carboxylic acids is 1. The Bertz CT molecular complexity index is 873. The molecule has 0 aliphatic heterocycles. The first-order valence-corrected chi connectivity index (χ1v) is 16.5. The zero-order valence-electron chi connectivity index (χ0n) is 20.7. The van der Waals surface area contributed by atoms with Gasteiger partial charge in [0.25, 0.3) is 0 Å². The van der Waals surface area contributed by atoms with E-state index in [2.05, 4.69) is 63.4 Å². The van der Waals surface area contributed by atoms with Gasteiger partial charge >= 0.3 is 208 Å². The molecule has 3 nitrogen and oxygen atoms in total. The van der Waals surface area contributed by atoms with Crippen LogP contribution >= 0.6 is 11.6 Å². The van der Waals surface area contributed by atoms with Gasteiger partial charge in [0.2, 0.25) is 0 Å². The third kappa shape index (κ3) is 8.04. The molecule has 6 heteroatoms. The van der Waals surface area contributed by atoms with Crippen LogP contribution in [-0.2, 0) is 9.22 Å². The minimum atomic E-state index is -2.15. The van der Waals surface area contributed by atoms with Gasteiger partial charge in [-0.15, -0.1) is 0 Å². The van der Waals surface area contributed by atoms with Crippen LogP contribution in [0.1, 0.15) is 53.2 Å². The van der Waals surface area contributed by atoms with Crippen LogP contribution in [0.25, 0.3) is 0 Å². The van der Waals surface area contributed by atoms with Gasteiger partial charge in [-0.05, 0) is 0 Å². The molecule has 2 aromatic carbocycles. The van der Waals surface area contributed by atoms with Crippen molar-refractivity contribution in [1.29, 1.82) is 0 Å². The van der Waals surface area contributed by atoms with E-state index in [4.69, 9.17) is 16.0 Å². The summed E-state index contributed by atoms with van der Waals surface area (Å²) in [5.41, 5.74) is 0.702. The van der Waals surface area contributed by atoms with Crippen molar-refractivity contribution in [2.45, 2.75) is 76.6 Å². The molecule has 2 rings (SSSR count). The fourth-order valence-electron chi connectivity index (χ4n) is 2.99. The first-order valence-electron chi connectivity index (χ1n) is 11.1. The van der Waals surface area contributed by atoms with E-state index in [0.29, 0.717) is 5.02 Å². The molecule has 0 saturated heterocycles. The second-order valence-corrected chi connectivity index (χ2v) is 18.3. The van der Waals surface area contributed by atoms with Crippen molar-refractivity contribution >= 4 is 45.2 Å². The van der Waals surface area contributed by atoms with Crippen molar-refractivity contribution in [3.05, 3.63) is 65.2 Å². The molecule has 0 aliphatic carbocycles. The van der Waals surface area contributed by atoms with Crippen molar-refractivity contribution in [2.24, 2.45) is 5.92 Å². The van der Waals surface area contributed by atoms with Crippen molar-refractivity contribution < 1.29 is 9.22 Å². The van der Waals surface area contributed by atoms with Gasteiger partial charge in [0, 0.05) is 0 Å². The molecule has 0 spiro atoms. The first-order chi connectivity index (χ1) is 14.7. The van der Waals surface area contributed by atoms with Gasteiger partial charge in [0.15, 0.2) is 0 Å². The molecule has 0 aliphatic rings. The molecule has 2 atom stereocenters. The first kappa shape index (κ1) is 27.1. The zero-order valence-corrected chi connectivity index (χ0v) is 24.1. The summed E-state index contributed by atoms with van der Waals surface area (Å²) in [4.78, 5) is 13.6. The van der Waals surface area contributed by atoms with E-state index < -0.39 is 8.32 Å². The number of hydrogen-bond acceptors (Lipinski definition) is 2. The number of rotatable bonds is 8. The Kier molecular flexibility index (Phi) is 9.23. The van der Waals surface area contributed by atoms with E-state index in [-0.39, 0.29) is 43.5 Å². The molecule has 176 valence electrons. The second-order valence-electron chi connectivity index (χ2n) is 10.8. The maximum atomic E-state index is 13.6. The molecule has 2 aromatic rings. The van der Waals surface area contributed by atoms with Crippen LogP contribution in [0.15, 0.2) is 54.6 Å². The molecule has 0 heterocycles. The Balaban J connectivity index is 2.47. The fourth-order valence-corrected chi connectivity index (χ4v) is 6.61. The van der Waals surface area contributed by atoms with Crippen LogP contribution in [0.5, 0.6) is 0 Å². The monoisotopic (exact) mass is 539 g/mol. The second kappa shape index (κ2) is 10.9. The third-order valence-corrected chi connectivity index (χ3v) is 12.9. The summed E-state index contributed by atoms with van der Waals surface area (Å²) in [6, 6.07) is 18.2. The Hall–Kier alpha value is -1.10. The van der Waals surface area contributed by atoms with E-state index >= 15 is 0 Å². The molecule has 0 fully saturated rings. The summed E-state index contributed by atoms with van der Waals surface area (Å²) in [7, 11) is -2.15. The quantitative estimate of drug-likeness (QED) is 0.396. The van der Waals surface area contributed by atoms with Gasteiger partial charge in [-0.1, -0.05) is 0 Å². The summed E-state index contributed by atoms with van der Waals surface area (Å²) in [6.45, 7) is 17.3. The predicted octanol–water partition coefficient (Wildman–Crippen LogP) is 6.38. The van der Waals surface area contributed by atoms with E-state index in [1.807, 2.05) is 51.1 Å². The molecule has 0 saturated carbocycles. The van der Waals surface area contributed by atoms with E-state index in [1.54, 1.807) is 0 Å². The molecule has 0 radical (unpaired) electrons. The predicted molar refractivity (Wildman–Crippen MR) is 140 cm³/mol. The molecule has 32 heavy (non-hydrogen) atoms. The van der Waals surface area contributed by atoms with Crippen LogP contribution in [-0.4, -0.2) is 34.7 Å². The average Bonchev–Trinajstić information content (AvgIpc) is 2.66. The number of halogens is 1. The van der Waals surface area contributed by atoms with Gasteiger partial charge < -0.3 is 0 Å². The van der Waals surface area contributed by atoms with Crippen molar-refractivity contribution in [1.82, 2.24) is 5.32 Å². The SMILES string of the molecule is CC(C)(C)NC(=O)[C@H](C[Se]c1ccccc1)[C@@H](O[Si](C)(C)C(C)(C)C)c1ccc(Cl)cc1. The standard InChI is InChI=1S/C26H38ClNO2SeSi/c1-25(2,3)28-24(29)22(18-31-21-12-10-9-11-13-21)23(19-14-16-20(27)17-15-19)30-32(7,8)26(4,5)6/h9-17,22-23H,18H2,1-8H3,(H,28,29)/t22-,23+/m1/s1. The van der Waals surface area contributed by atoms with Crippen molar-refractivity contribution in [3.63, 3.8) is 0 Å². The number of hydrogen-bond donors (Lipinski definition) is 1. The molecule has 1 N–H and O–H groups in total. The van der Waals surface area contributed by atoms with Gasteiger partial charge in [-0.2, -0.15) is 0 Å². The summed E-state index contributed by atoms with van der Waals surface area (Å²) in [6.07, 6.45) is -0.318. The Morgan fingerprint density at radius 1 is 1.00 bits per heavy atom. The molecule has 0 aromatic heterocycles. The van der Waals surface area contributed by atoms with E-state index in [9.17, 15) is 4.79 Å². The zero-order chi connectivity index (χ0) is 24.2. The molecule has 0 unspecified atom stereocenters. The van der Waals surface area contributed by atoms with Crippen LogP contribution < -0.4 is 9.78 Å². The fraction of sp³-hybridized carbons (Fsp3) is 0.500. The van der Waals surface area contributed by atoms with Crippen LogP contribution in [0.3, 0.4) is 0 Å². The van der Waals surface area contributed by atoms with Gasteiger partial charge in [-0.25, -0.2) is 0 Å². The van der Waals surface area contributed by atoms with Crippen LogP contribution in [0.4, 0.5) is 0 Å². The van der Waals surface area contributed by atoms with Crippen LogP contribution in [0.2, 0.25) is 28.5 Å². The number of carbonyl (C=O) groups is 1. The number of amides is 1. The van der Waals surface area contributed by atoms with Crippen molar-refractivity contribution in [3.8, 4) is 0 Å². The summed E-state index contributed by atoms with van der Waals surface area (Å²) in [5, 5.41) is 4.71. The summed E-state index contributed by atoms with van der Waals surface area (Å²) < 4.78 is 8.25. The molecular weight excluding hydrogens is 501 g/mol. The minimum absolute atomic E-state index is 0.0350. The molecular formula is C26H38ClNO2SeSi. The maximum absolute atomic E-state index is 13.6. The van der Waals surface area contributed by atoms with Gasteiger partial charge in [0.05, 0.1) is 0 Å². The Morgan fingerprint density at radius 3 is 2.06 bits per heavy atom. The molecule has 0 bridgehead atoms. The number of benzene rings is 2. The van der Waals surface area contributed by atoms with Crippen molar-refractivity contribution in [2.75, 3.05) is 0 Å². The van der Waals surface area contributed by atoms with Crippen LogP contribution in [0, 0.1) is 5.92 Å². The topological polar surface area (TPSA) is 38.3 Å². The van der Waals surface area contributed by atoms with E-state index in [1.165, 1.54) is 4.46 Å². The van der Waals surface area contributed by atoms with Gasteiger partial charge in [-0.3, -0.25) is 0 Å². The summed E-state index contributed by atoms with van der Waals surface area (Å²) >= 11 is 6.34. The molecule has 1 amide bonds. The van der Waals surface area contributed by atoms with E-state index in [0.717, 1.165) is 10.9 Å². The normalized spacial score (nSPS) is 14.7. The third-order valence-electron chi connectivity index (χ3n) is 5.80. The Labute approximate surface area is 207 Å².